The second kappa shape index (κ2) is 2.68. The molecule has 0 aliphatic carbocycles. The highest BCUT2D eigenvalue weighted by Crippen LogP contribution is 2.35. The molecular formula is C9H11NO2. The smallest absolute Gasteiger partial charge is 0.147 e. The number of hydrogen-bond donors (Lipinski definition) is 2. The molecule has 1 aliphatic rings. The summed E-state index contributed by atoms with van der Waals surface area (Å²) in [4.78, 5) is 0. The van der Waals surface area contributed by atoms with Crippen molar-refractivity contribution in [3.8, 4) is 5.75 Å². The van der Waals surface area contributed by atoms with Gasteiger partial charge in [-0.1, -0.05) is 12.1 Å². The second-order valence-electron chi connectivity index (χ2n) is 2.92. The summed E-state index contributed by atoms with van der Waals surface area (Å²) >= 11 is 0. The first-order valence-corrected chi connectivity index (χ1v) is 3.98. The Balaban J connectivity index is 2.52. The summed E-state index contributed by atoms with van der Waals surface area (Å²) in [6, 6.07) is 5.44. The van der Waals surface area contributed by atoms with Crippen LogP contribution < -0.4 is 10.5 Å². The van der Waals surface area contributed by atoms with Gasteiger partial charge in [0.15, 0.2) is 0 Å². The summed E-state index contributed by atoms with van der Waals surface area (Å²) in [5.74, 6) is 0.649. The number of anilines is 1. The van der Waals surface area contributed by atoms with Crippen LogP contribution in [0.4, 0.5) is 5.69 Å². The normalized spacial score (nSPS) is 21.2. The third-order valence-corrected chi connectivity index (χ3v) is 2.07. The summed E-state index contributed by atoms with van der Waals surface area (Å²) < 4.78 is 5.34. The van der Waals surface area contributed by atoms with Crippen molar-refractivity contribution in [2.45, 2.75) is 12.5 Å². The lowest BCUT2D eigenvalue weighted by molar-refractivity contribution is 0.116. The molecule has 3 nitrogen and oxygen atoms in total. The standard InChI is InChI=1S/C9H11NO2/c10-7-3-1-2-6-8(11)4-5-12-9(6)7/h1-3,8,11H,4-5,10H2/t8-/m1/s1. The van der Waals surface area contributed by atoms with Crippen molar-refractivity contribution in [2.75, 3.05) is 12.3 Å². The fraction of sp³-hybridized carbons (Fsp3) is 0.333. The van der Waals surface area contributed by atoms with Gasteiger partial charge in [-0.25, -0.2) is 0 Å². The maximum absolute atomic E-state index is 9.55. The molecule has 1 aliphatic heterocycles. The Hall–Kier alpha value is -1.22. The highest BCUT2D eigenvalue weighted by molar-refractivity contribution is 5.57. The Morgan fingerprint density at radius 2 is 2.33 bits per heavy atom. The number of para-hydroxylation sites is 1. The van der Waals surface area contributed by atoms with Gasteiger partial charge in [-0.15, -0.1) is 0 Å². The van der Waals surface area contributed by atoms with Gasteiger partial charge in [-0.2, -0.15) is 0 Å². The van der Waals surface area contributed by atoms with E-state index in [9.17, 15) is 5.11 Å². The number of aliphatic hydroxyl groups is 1. The van der Waals surface area contributed by atoms with E-state index in [1.807, 2.05) is 12.1 Å². The number of rotatable bonds is 0. The van der Waals surface area contributed by atoms with E-state index in [1.54, 1.807) is 6.07 Å². The van der Waals surface area contributed by atoms with Crippen LogP contribution in [0.5, 0.6) is 5.75 Å². The molecule has 3 heteroatoms. The number of ether oxygens (including phenoxy) is 1. The molecule has 0 unspecified atom stereocenters. The minimum Gasteiger partial charge on any atom is -0.491 e. The van der Waals surface area contributed by atoms with E-state index < -0.39 is 6.10 Å². The van der Waals surface area contributed by atoms with E-state index in [4.69, 9.17) is 10.5 Å². The minimum absolute atomic E-state index is 0.419. The van der Waals surface area contributed by atoms with E-state index in [1.165, 1.54) is 0 Å². The Morgan fingerprint density at radius 1 is 1.50 bits per heavy atom. The van der Waals surface area contributed by atoms with Crippen LogP contribution in [-0.4, -0.2) is 11.7 Å². The van der Waals surface area contributed by atoms with Gasteiger partial charge in [0.05, 0.1) is 18.4 Å². The highest BCUT2D eigenvalue weighted by atomic mass is 16.5. The maximum atomic E-state index is 9.55. The molecule has 3 N–H and O–H groups in total. The van der Waals surface area contributed by atoms with Crippen LogP contribution in [0.1, 0.15) is 18.1 Å². The number of hydrogen-bond acceptors (Lipinski definition) is 3. The zero-order chi connectivity index (χ0) is 8.55. The Bertz CT molecular complexity index is 299. The molecule has 12 heavy (non-hydrogen) atoms. The predicted molar refractivity (Wildman–Crippen MR) is 45.9 cm³/mol. The van der Waals surface area contributed by atoms with E-state index in [2.05, 4.69) is 0 Å². The van der Waals surface area contributed by atoms with Crippen LogP contribution in [0.2, 0.25) is 0 Å². The second-order valence-corrected chi connectivity index (χ2v) is 2.92. The number of benzene rings is 1. The fourth-order valence-electron chi connectivity index (χ4n) is 1.43. The first kappa shape index (κ1) is 7.43. The lowest BCUT2D eigenvalue weighted by atomic mass is 10.0. The molecule has 0 spiro atoms. The van der Waals surface area contributed by atoms with Crippen molar-refractivity contribution < 1.29 is 9.84 Å². The number of nitrogens with two attached hydrogens (primary N) is 1. The molecule has 0 saturated carbocycles. The minimum atomic E-state index is -0.419. The summed E-state index contributed by atoms with van der Waals surface area (Å²) in [7, 11) is 0. The van der Waals surface area contributed by atoms with Gasteiger partial charge >= 0.3 is 0 Å². The van der Waals surface area contributed by atoms with Crippen LogP contribution in [0, 0.1) is 0 Å². The molecule has 2 rings (SSSR count). The molecule has 1 heterocycles. The lowest BCUT2D eigenvalue weighted by Crippen LogP contribution is -2.14. The quantitative estimate of drug-likeness (QED) is 0.566. The van der Waals surface area contributed by atoms with Crippen LogP contribution in [0.15, 0.2) is 18.2 Å². The molecule has 1 aromatic rings. The summed E-state index contributed by atoms with van der Waals surface area (Å²) in [6.45, 7) is 0.544. The van der Waals surface area contributed by atoms with Crippen LogP contribution >= 0.6 is 0 Å². The van der Waals surface area contributed by atoms with E-state index in [0.29, 0.717) is 24.5 Å². The maximum Gasteiger partial charge on any atom is 0.147 e. The van der Waals surface area contributed by atoms with E-state index >= 15 is 0 Å². The van der Waals surface area contributed by atoms with Crippen molar-refractivity contribution in [2.24, 2.45) is 0 Å². The van der Waals surface area contributed by atoms with Crippen molar-refractivity contribution in [3.05, 3.63) is 23.8 Å². The molecule has 0 bridgehead atoms. The average molecular weight is 165 g/mol. The Labute approximate surface area is 70.8 Å². The highest BCUT2D eigenvalue weighted by Gasteiger charge is 2.20. The first-order chi connectivity index (χ1) is 5.79. The van der Waals surface area contributed by atoms with Gasteiger partial charge in [0.25, 0.3) is 0 Å². The average Bonchev–Trinajstić information content (AvgIpc) is 2.07. The molecule has 1 atom stereocenters. The van der Waals surface area contributed by atoms with Crippen molar-refractivity contribution >= 4 is 5.69 Å². The molecule has 0 amide bonds. The zero-order valence-corrected chi connectivity index (χ0v) is 6.66. The van der Waals surface area contributed by atoms with E-state index in [-0.39, 0.29) is 0 Å². The van der Waals surface area contributed by atoms with Gasteiger partial charge in [0.2, 0.25) is 0 Å². The van der Waals surface area contributed by atoms with Gasteiger partial charge in [0.1, 0.15) is 5.75 Å². The third-order valence-electron chi connectivity index (χ3n) is 2.07. The number of fused-ring (bicyclic) bond motifs is 1. The van der Waals surface area contributed by atoms with Gasteiger partial charge < -0.3 is 15.6 Å². The lowest BCUT2D eigenvalue weighted by Gasteiger charge is -2.22. The SMILES string of the molecule is Nc1cccc2c1OCC[C@H]2O. The third kappa shape index (κ3) is 1.02. The zero-order valence-electron chi connectivity index (χ0n) is 6.66. The van der Waals surface area contributed by atoms with Gasteiger partial charge in [-0.05, 0) is 6.07 Å². The summed E-state index contributed by atoms with van der Waals surface area (Å²) in [5.41, 5.74) is 7.08. The molecule has 0 radical (unpaired) electrons. The summed E-state index contributed by atoms with van der Waals surface area (Å²) in [6.07, 6.45) is 0.230. The van der Waals surface area contributed by atoms with Crippen molar-refractivity contribution in [1.82, 2.24) is 0 Å². The van der Waals surface area contributed by atoms with Gasteiger partial charge in [-0.3, -0.25) is 0 Å². The van der Waals surface area contributed by atoms with Crippen LogP contribution in [-0.2, 0) is 0 Å². The van der Waals surface area contributed by atoms with Crippen molar-refractivity contribution in [3.63, 3.8) is 0 Å². The van der Waals surface area contributed by atoms with Crippen molar-refractivity contribution in [1.29, 1.82) is 0 Å². The largest absolute Gasteiger partial charge is 0.491 e. The van der Waals surface area contributed by atoms with E-state index in [0.717, 1.165) is 5.56 Å². The van der Waals surface area contributed by atoms with Crippen LogP contribution in [0.3, 0.4) is 0 Å². The summed E-state index contributed by atoms with van der Waals surface area (Å²) in [5, 5.41) is 9.55. The number of nitrogen functional groups attached to an aromatic ring is 1. The molecule has 0 fully saturated rings. The first-order valence-electron chi connectivity index (χ1n) is 3.98. The Morgan fingerprint density at radius 3 is 3.08 bits per heavy atom. The van der Waals surface area contributed by atoms with Crippen LogP contribution in [0.25, 0.3) is 0 Å². The molecule has 0 saturated heterocycles. The fourth-order valence-corrected chi connectivity index (χ4v) is 1.43. The topological polar surface area (TPSA) is 55.5 Å². The molecule has 0 aromatic heterocycles. The molecule has 1 aromatic carbocycles. The Kier molecular flexibility index (Phi) is 1.66. The van der Waals surface area contributed by atoms with Gasteiger partial charge in [0, 0.05) is 12.0 Å². The monoisotopic (exact) mass is 165 g/mol. The predicted octanol–water partition coefficient (Wildman–Crippen LogP) is 1.08. The molecular weight excluding hydrogens is 154 g/mol. The molecule has 64 valence electrons. The number of aliphatic hydroxyl groups excluding tert-OH is 1.